The molecule has 0 bridgehead atoms. The van der Waals surface area contributed by atoms with E-state index in [1.807, 2.05) is 0 Å². The Balaban J connectivity index is 1.63. The maximum absolute atomic E-state index is 3.31. The molecule has 0 radical (unpaired) electrons. The van der Waals surface area contributed by atoms with Crippen LogP contribution in [-0.4, -0.2) is 0 Å². The van der Waals surface area contributed by atoms with Crippen LogP contribution in [-0.2, 0) is 12.8 Å². The molecule has 0 unspecified atom stereocenters. The van der Waals surface area contributed by atoms with E-state index in [1.54, 1.807) is 0 Å². The first kappa shape index (κ1) is 23.3. The average molecular weight is 395 g/mol. The number of benzene rings is 2. The molecule has 160 valence electrons. The minimum absolute atomic E-state index is 1.11. The minimum atomic E-state index is 1.11. The molecule has 0 aromatic heterocycles. The molecule has 0 saturated carbocycles. The molecule has 0 spiro atoms. The van der Waals surface area contributed by atoms with E-state index in [2.05, 4.69) is 73.2 Å². The normalized spacial score (nSPS) is 10.8. The Hall–Kier alpha value is -1.96. The largest absolute Gasteiger partial charge is 0.301 e. The van der Waals surface area contributed by atoms with Crippen molar-refractivity contribution in [3.05, 3.63) is 59.7 Å². The lowest BCUT2D eigenvalue weighted by molar-refractivity contribution is 0.607. The third-order valence-electron chi connectivity index (χ3n) is 5.65. The minimum Gasteiger partial charge on any atom is -0.301 e. The monoisotopic (exact) mass is 394 g/mol. The highest BCUT2D eigenvalue weighted by atomic mass is 15.4. The van der Waals surface area contributed by atoms with Gasteiger partial charge in [-0.15, -0.1) is 0 Å². The SMILES string of the molecule is CCCCCCCCc1ccc(NNc2ccc(CCCCCCC)cc2)cc1. The van der Waals surface area contributed by atoms with E-state index in [-0.39, 0.29) is 0 Å². The Morgan fingerprint density at radius 1 is 0.448 bits per heavy atom. The lowest BCUT2D eigenvalue weighted by Crippen LogP contribution is -2.08. The molecule has 0 aliphatic heterocycles. The lowest BCUT2D eigenvalue weighted by Gasteiger charge is -2.11. The first-order valence-corrected chi connectivity index (χ1v) is 12.0. The molecule has 0 amide bonds. The summed E-state index contributed by atoms with van der Waals surface area (Å²) in [4.78, 5) is 0. The van der Waals surface area contributed by atoms with Gasteiger partial charge in [-0.05, 0) is 61.1 Å². The fourth-order valence-corrected chi connectivity index (χ4v) is 3.70. The summed E-state index contributed by atoms with van der Waals surface area (Å²) in [6.07, 6.45) is 17.2. The lowest BCUT2D eigenvalue weighted by atomic mass is 10.0. The molecule has 29 heavy (non-hydrogen) atoms. The van der Waals surface area contributed by atoms with Gasteiger partial charge in [0.15, 0.2) is 0 Å². The van der Waals surface area contributed by atoms with Gasteiger partial charge in [0, 0.05) is 0 Å². The summed E-state index contributed by atoms with van der Waals surface area (Å²) in [6, 6.07) is 17.7. The molecule has 0 fully saturated rings. The molecule has 2 heteroatoms. The van der Waals surface area contributed by atoms with Gasteiger partial charge in [0.2, 0.25) is 0 Å². The van der Waals surface area contributed by atoms with Crippen LogP contribution in [0.1, 0.15) is 95.6 Å². The number of nitrogens with one attached hydrogen (secondary N) is 2. The summed E-state index contributed by atoms with van der Waals surface area (Å²) in [6.45, 7) is 4.54. The van der Waals surface area contributed by atoms with Gasteiger partial charge >= 0.3 is 0 Å². The molecule has 0 atom stereocenters. The van der Waals surface area contributed by atoms with Crippen molar-refractivity contribution in [1.29, 1.82) is 0 Å². The molecule has 2 rings (SSSR count). The molecule has 2 nitrogen and oxygen atoms in total. The second kappa shape index (κ2) is 15.0. The van der Waals surface area contributed by atoms with Crippen LogP contribution in [0, 0.1) is 0 Å². The molecular weight excluding hydrogens is 352 g/mol. The Morgan fingerprint density at radius 3 is 1.17 bits per heavy atom. The van der Waals surface area contributed by atoms with Gasteiger partial charge in [-0.2, -0.15) is 0 Å². The zero-order valence-corrected chi connectivity index (χ0v) is 18.8. The zero-order valence-electron chi connectivity index (χ0n) is 18.8. The smallest absolute Gasteiger partial charge is 0.0540 e. The molecule has 2 aromatic rings. The van der Waals surface area contributed by atoms with Crippen molar-refractivity contribution in [2.45, 2.75) is 97.3 Å². The average Bonchev–Trinajstić information content (AvgIpc) is 2.76. The topological polar surface area (TPSA) is 24.1 Å². The van der Waals surface area contributed by atoms with E-state index in [9.17, 15) is 0 Å². The van der Waals surface area contributed by atoms with E-state index >= 15 is 0 Å². The predicted molar refractivity (Wildman–Crippen MR) is 130 cm³/mol. The third-order valence-corrected chi connectivity index (χ3v) is 5.65. The van der Waals surface area contributed by atoms with Gasteiger partial charge < -0.3 is 10.9 Å². The summed E-state index contributed by atoms with van der Waals surface area (Å²) >= 11 is 0. The molecule has 0 aliphatic carbocycles. The van der Waals surface area contributed by atoms with Crippen LogP contribution < -0.4 is 10.9 Å². The van der Waals surface area contributed by atoms with Crippen LogP contribution in [0.15, 0.2) is 48.5 Å². The van der Waals surface area contributed by atoms with Crippen molar-refractivity contribution >= 4 is 11.4 Å². The third kappa shape index (κ3) is 10.4. The van der Waals surface area contributed by atoms with Gasteiger partial charge in [0.05, 0.1) is 11.4 Å². The van der Waals surface area contributed by atoms with Gasteiger partial charge in [0.25, 0.3) is 0 Å². The quantitative estimate of drug-likeness (QED) is 0.220. The number of unbranched alkanes of at least 4 members (excludes halogenated alkanes) is 9. The number of hydrogen-bond acceptors (Lipinski definition) is 2. The summed E-state index contributed by atoms with van der Waals surface area (Å²) in [7, 11) is 0. The molecule has 2 aromatic carbocycles. The van der Waals surface area contributed by atoms with Crippen LogP contribution in [0.25, 0.3) is 0 Å². The maximum Gasteiger partial charge on any atom is 0.0540 e. The molecule has 2 N–H and O–H groups in total. The maximum atomic E-state index is 3.31. The van der Waals surface area contributed by atoms with Crippen molar-refractivity contribution in [2.75, 3.05) is 10.9 Å². The van der Waals surface area contributed by atoms with Gasteiger partial charge in [0.1, 0.15) is 0 Å². The van der Waals surface area contributed by atoms with Crippen LogP contribution in [0.2, 0.25) is 0 Å². The summed E-state index contributed by atoms with van der Waals surface area (Å²) < 4.78 is 0. The predicted octanol–water partition coefficient (Wildman–Crippen LogP) is 8.54. The number of anilines is 2. The standard InChI is InChI=1S/C27H42N2/c1-3-5-7-9-11-13-15-25-18-22-27(23-19-25)29-28-26-20-16-24(17-21-26)14-12-10-8-6-4-2/h16-23,28-29H,3-15H2,1-2H3. The fourth-order valence-electron chi connectivity index (χ4n) is 3.70. The summed E-state index contributed by atoms with van der Waals surface area (Å²) in [5, 5.41) is 0. The highest BCUT2D eigenvalue weighted by Gasteiger charge is 1.98. The number of aryl methyl sites for hydroxylation is 2. The van der Waals surface area contributed by atoms with Gasteiger partial charge in [-0.1, -0.05) is 95.9 Å². The Labute approximate surface area is 179 Å². The van der Waals surface area contributed by atoms with E-state index in [0.29, 0.717) is 0 Å². The first-order valence-electron chi connectivity index (χ1n) is 12.0. The highest BCUT2D eigenvalue weighted by molar-refractivity contribution is 5.53. The molecular formula is C27H42N2. The van der Waals surface area contributed by atoms with Crippen molar-refractivity contribution in [3.63, 3.8) is 0 Å². The van der Waals surface area contributed by atoms with E-state index in [1.165, 1.54) is 94.6 Å². The van der Waals surface area contributed by atoms with Crippen molar-refractivity contribution in [2.24, 2.45) is 0 Å². The van der Waals surface area contributed by atoms with E-state index in [0.717, 1.165) is 11.4 Å². The van der Waals surface area contributed by atoms with Crippen LogP contribution in [0.5, 0.6) is 0 Å². The van der Waals surface area contributed by atoms with Gasteiger partial charge in [-0.25, -0.2) is 0 Å². The Morgan fingerprint density at radius 2 is 0.793 bits per heavy atom. The van der Waals surface area contributed by atoms with Crippen molar-refractivity contribution < 1.29 is 0 Å². The zero-order chi connectivity index (χ0) is 20.6. The Kier molecular flexibility index (Phi) is 12.0. The molecule has 0 heterocycles. The van der Waals surface area contributed by atoms with Crippen molar-refractivity contribution in [1.82, 2.24) is 0 Å². The summed E-state index contributed by atoms with van der Waals surface area (Å²) in [5.41, 5.74) is 11.7. The number of hydrogen-bond donors (Lipinski definition) is 2. The van der Waals surface area contributed by atoms with E-state index in [4.69, 9.17) is 0 Å². The highest BCUT2D eigenvalue weighted by Crippen LogP contribution is 2.16. The van der Waals surface area contributed by atoms with Crippen LogP contribution in [0.4, 0.5) is 11.4 Å². The van der Waals surface area contributed by atoms with Crippen LogP contribution in [0.3, 0.4) is 0 Å². The molecule has 0 aliphatic rings. The van der Waals surface area contributed by atoms with Gasteiger partial charge in [-0.3, -0.25) is 0 Å². The van der Waals surface area contributed by atoms with E-state index < -0.39 is 0 Å². The fraction of sp³-hybridized carbons (Fsp3) is 0.556. The number of rotatable bonds is 16. The first-order chi connectivity index (χ1) is 14.3. The number of hydrazine groups is 1. The second-order valence-corrected chi connectivity index (χ2v) is 8.33. The summed E-state index contributed by atoms with van der Waals surface area (Å²) in [5.74, 6) is 0. The molecule has 0 saturated heterocycles. The van der Waals surface area contributed by atoms with Crippen molar-refractivity contribution in [3.8, 4) is 0 Å². The van der Waals surface area contributed by atoms with Crippen LogP contribution >= 0.6 is 0 Å². The Bertz CT molecular complexity index is 631. The second-order valence-electron chi connectivity index (χ2n) is 8.33.